The SMILES string of the molecule is CCc1cc(Br)ccc1NC(=O)c1cc(N)cnc1C. The molecule has 1 amide bonds. The zero-order chi connectivity index (χ0) is 14.7. The van der Waals surface area contributed by atoms with Crippen LogP contribution in [0.4, 0.5) is 11.4 Å². The Morgan fingerprint density at radius 1 is 1.40 bits per heavy atom. The van der Waals surface area contributed by atoms with E-state index in [2.05, 4.69) is 26.2 Å². The van der Waals surface area contributed by atoms with Gasteiger partial charge in [-0.3, -0.25) is 9.78 Å². The molecule has 0 radical (unpaired) electrons. The van der Waals surface area contributed by atoms with Crippen molar-refractivity contribution >= 4 is 33.2 Å². The number of rotatable bonds is 3. The Hall–Kier alpha value is -1.88. The highest BCUT2D eigenvalue weighted by Crippen LogP contribution is 2.22. The molecule has 0 aliphatic carbocycles. The third-order valence-electron chi connectivity index (χ3n) is 3.05. The van der Waals surface area contributed by atoms with Crippen molar-refractivity contribution in [1.82, 2.24) is 4.98 Å². The number of nitrogen functional groups attached to an aromatic ring is 1. The van der Waals surface area contributed by atoms with Crippen LogP contribution in [0.1, 0.15) is 28.5 Å². The summed E-state index contributed by atoms with van der Waals surface area (Å²) in [5.74, 6) is -0.195. The van der Waals surface area contributed by atoms with Gasteiger partial charge in [0.1, 0.15) is 0 Å². The number of anilines is 2. The van der Waals surface area contributed by atoms with Crippen molar-refractivity contribution in [3.8, 4) is 0 Å². The summed E-state index contributed by atoms with van der Waals surface area (Å²) in [6, 6.07) is 7.43. The molecule has 5 heteroatoms. The molecule has 20 heavy (non-hydrogen) atoms. The summed E-state index contributed by atoms with van der Waals surface area (Å²) in [5.41, 5.74) is 9.20. The summed E-state index contributed by atoms with van der Waals surface area (Å²) in [7, 11) is 0. The monoisotopic (exact) mass is 333 g/mol. The molecule has 0 bridgehead atoms. The van der Waals surface area contributed by atoms with Crippen molar-refractivity contribution in [2.45, 2.75) is 20.3 Å². The van der Waals surface area contributed by atoms with Gasteiger partial charge in [0, 0.05) is 10.2 Å². The smallest absolute Gasteiger partial charge is 0.257 e. The number of nitrogens with one attached hydrogen (secondary N) is 1. The van der Waals surface area contributed by atoms with Crippen LogP contribution >= 0.6 is 15.9 Å². The lowest BCUT2D eigenvalue weighted by Crippen LogP contribution is -2.15. The van der Waals surface area contributed by atoms with Crippen LogP contribution < -0.4 is 11.1 Å². The van der Waals surface area contributed by atoms with Crippen molar-refractivity contribution in [2.24, 2.45) is 0 Å². The van der Waals surface area contributed by atoms with E-state index in [1.807, 2.05) is 25.1 Å². The molecule has 2 aromatic rings. The second-order valence-electron chi connectivity index (χ2n) is 4.51. The minimum Gasteiger partial charge on any atom is -0.397 e. The Balaban J connectivity index is 2.30. The maximum absolute atomic E-state index is 12.3. The van der Waals surface area contributed by atoms with E-state index in [0.29, 0.717) is 16.9 Å². The van der Waals surface area contributed by atoms with E-state index >= 15 is 0 Å². The predicted molar refractivity (Wildman–Crippen MR) is 84.9 cm³/mol. The fraction of sp³-hybridized carbons (Fsp3) is 0.200. The van der Waals surface area contributed by atoms with Gasteiger partial charge in [0.25, 0.3) is 5.91 Å². The Morgan fingerprint density at radius 2 is 2.15 bits per heavy atom. The summed E-state index contributed by atoms with van der Waals surface area (Å²) < 4.78 is 0.995. The molecule has 3 N–H and O–H groups in total. The number of halogens is 1. The summed E-state index contributed by atoms with van der Waals surface area (Å²) in [4.78, 5) is 16.4. The van der Waals surface area contributed by atoms with Crippen molar-refractivity contribution in [1.29, 1.82) is 0 Å². The van der Waals surface area contributed by atoms with Crippen LogP contribution in [0.15, 0.2) is 34.9 Å². The molecule has 0 spiro atoms. The summed E-state index contributed by atoms with van der Waals surface area (Å²) in [6.07, 6.45) is 2.38. The molecule has 0 unspecified atom stereocenters. The molecule has 0 saturated heterocycles. The number of aryl methyl sites for hydroxylation is 2. The zero-order valence-electron chi connectivity index (χ0n) is 11.4. The van der Waals surface area contributed by atoms with Crippen LogP contribution in [0.5, 0.6) is 0 Å². The molecule has 2 rings (SSSR count). The van der Waals surface area contributed by atoms with Gasteiger partial charge >= 0.3 is 0 Å². The average Bonchev–Trinajstić information content (AvgIpc) is 2.43. The maximum atomic E-state index is 12.3. The lowest BCUT2D eigenvalue weighted by atomic mass is 10.1. The van der Waals surface area contributed by atoms with Crippen molar-refractivity contribution in [3.05, 3.63) is 51.8 Å². The first-order valence-corrected chi connectivity index (χ1v) is 7.12. The van der Waals surface area contributed by atoms with E-state index in [1.165, 1.54) is 0 Å². The summed E-state index contributed by atoms with van der Waals surface area (Å²) in [6.45, 7) is 3.83. The highest BCUT2D eigenvalue weighted by atomic mass is 79.9. The fourth-order valence-corrected chi connectivity index (χ4v) is 2.35. The van der Waals surface area contributed by atoms with Gasteiger partial charge in [0.15, 0.2) is 0 Å². The van der Waals surface area contributed by atoms with Crippen molar-refractivity contribution < 1.29 is 4.79 Å². The minimum atomic E-state index is -0.195. The van der Waals surface area contributed by atoms with Crippen LogP contribution in [-0.4, -0.2) is 10.9 Å². The molecule has 0 aliphatic rings. The number of nitrogens with two attached hydrogens (primary N) is 1. The van der Waals surface area contributed by atoms with Gasteiger partial charge in [0.2, 0.25) is 0 Å². The van der Waals surface area contributed by atoms with E-state index in [1.54, 1.807) is 19.2 Å². The first-order chi connectivity index (χ1) is 9.51. The average molecular weight is 334 g/mol. The Morgan fingerprint density at radius 3 is 2.85 bits per heavy atom. The van der Waals surface area contributed by atoms with Crippen LogP contribution in [0, 0.1) is 6.92 Å². The molecule has 0 atom stereocenters. The van der Waals surface area contributed by atoms with Gasteiger partial charge in [-0.2, -0.15) is 0 Å². The Labute approximate surface area is 126 Å². The van der Waals surface area contributed by atoms with E-state index in [4.69, 9.17) is 5.73 Å². The molecule has 0 aliphatic heterocycles. The van der Waals surface area contributed by atoms with E-state index < -0.39 is 0 Å². The first-order valence-electron chi connectivity index (χ1n) is 6.33. The molecule has 1 aromatic carbocycles. The van der Waals surface area contributed by atoms with Gasteiger partial charge in [-0.1, -0.05) is 22.9 Å². The number of benzene rings is 1. The van der Waals surface area contributed by atoms with Crippen molar-refractivity contribution in [3.63, 3.8) is 0 Å². The van der Waals surface area contributed by atoms with Crippen molar-refractivity contribution in [2.75, 3.05) is 11.1 Å². The normalized spacial score (nSPS) is 10.3. The highest BCUT2D eigenvalue weighted by Gasteiger charge is 2.12. The van der Waals surface area contributed by atoms with Gasteiger partial charge in [0.05, 0.1) is 23.1 Å². The molecule has 4 nitrogen and oxygen atoms in total. The third kappa shape index (κ3) is 3.17. The van der Waals surface area contributed by atoms with Gasteiger partial charge in [-0.05, 0) is 43.2 Å². The largest absolute Gasteiger partial charge is 0.397 e. The third-order valence-corrected chi connectivity index (χ3v) is 3.54. The summed E-state index contributed by atoms with van der Waals surface area (Å²) >= 11 is 3.43. The Bertz CT molecular complexity index is 656. The number of amides is 1. The number of carbonyl (C=O) groups is 1. The predicted octanol–water partition coefficient (Wildman–Crippen LogP) is 3.55. The van der Waals surface area contributed by atoms with Crippen LogP contribution in [-0.2, 0) is 6.42 Å². The standard InChI is InChI=1S/C15H16BrN3O/c1-3-10-6-11(16)4-5-14(10)19-15(20)13-7-12(17)8-18-9(13)2/h4-8H,3,17H2,1-2H3,(H,19,20). The molecule has 1 aromatic heterocycles. The minimum absolute atomic E-state index is 0.195. The zero-order valence-corrected chi connectivity index (χ0v) is 13.0. The number of nitrogens with zero attached hydrogens (tertiary/aromatic N) is 1. The molecular weight excluding hydrogens is 318 g/mol. The Kier molecular flexibility index (Phi) is 4.39. The molecule has 0 fully saturated rings. The second kappa shape index (κ2) is 6.05. The number of hydrogen-bond acceptors (Lipinski definition) is 3. The van der Waals surface area contributed by atoms with Crippen LogP contribution in [0.25, 0.3) is 0 Å². The maximum Gasteiger partial charge on any atom is 0.257 e. The van der Waals surface area contributed by atoms with E-state index in [-0.39, 0.29) is 5.91 Å². The molecule has 104 valence electrons. The van der Waals surface area contributed by atoms with Gasteiger partial charge < -0.3 is 11.1 Å². The van der Waals surface area contributed by atoms with Gasteiger partial charge in [-0.15, -0.1) is 0 Å². The lowest BCUT2D eigenvalue weighted by molar-refractivity contribution is 0.102. The van der Waals surface area contributed by atoms with Crippen LogP contribution in [0.2, 0.25) is 0 Å². The molecular formula is C15H16BrN3O. The van der Waals surface area contributed by atoms with Crippen LogP contribution in [0.3, 0.4) is 0 Å². The van der Waals surface area contributed by atoms with E-state index in [0.717, 1.165) is 22.1 Å². The van der Waals surface area contributed by atoms with Gasteiger partial charge in [-0.25, -0.2) is 0 Å². The lowest BCUT2D eigenvalue weighted by Gasteiger charge is -2.11. The number of hydrogen-bond donors (Lipinski definition) is 2. The second-order valence-corrected chi connectivity index (χ2v) is 5.43. The van der Waals surface area contributed by atoms with E-state index in [9.17, 15) is 4.79 Å². The molecule has 0 saturated carbocycles. The summed E-state index contributed by atoms with van der Waals surface area (Å²) in [5, 5.41) is 2.92. The number of carbonyl (C=O) groups excluding carboxylic acids is 1. The number of pyridine rings is 1. The highest BCUT2D eigenvalue weighted by molar-refractivity contribution is 9.10. The quantitative estimate of drug-likeness (QED) is 0.902. The molecule has 1 heterocycles. The topological polar surface area (TPSA) is 68.0 Å². The first kappa shape index (κ1) is 14.5. The number of aromatic nitrogens is 1. The fourth-order valence-electron chi connectivity index (χ4n) is 1.95.